The largest absolute Gasteiger partial charge is 0.332 e. The minimum atomic E-state index is -0.497. The zero-order valence-corrected chi connectivity index (χ0v) is 8.76. The average Bonchev–Trinajstić information content (AvgIpc) is 2.32. The van der Waals surface area contributed by atoms with E-state index in [-0.39, 0.29) is 16.7 Å². The van der Waals surface area contributed by atoms with Gasteiger partial charge in [-0.2, -0.15) is 0 Å². The van der Waals surface area contributed by atoms with Crippen LogP contribution in [0.2, 0.25) is 0 Å². The fraction of sp³-hybridized carbons (Fsp3) is 0.222. The summed E-state index contributed by atoms with van der Waals surface area (Å²) in [6.07, 6.45) is 1.40. The number of nitrogens with one attached hydrogen (secondary N) is 1. The first-order chi connectivity index (χ1) is 7.57. The Bertz CT molecular complexity index is 671. The van der Waals surface area contributed by atoms with E-state index in [4.69, 9.17) is 5.21 Å². The van der Waals surface area contributed by atoms with E-state index < -0.39 is 11.2 Å². The number of hydrogen-bond donors (Lipinski definition) is 2. The molecule has 0 aliphatic heterocycles. The highest BCUT2D eigenvalue weighted by molar-refractivity contribution is 5.87. The van der Waals surface area contributed by atoms with E-state index in [9.17, 15) is 9.59 Å². The highest BCUT2D eigenvalue weighted by atomic mass is 16.5. The number of nitrogens with zero attached hydrogens (tertiary/aromatic N) is 3. The van der Waals surface area contributed by atoms with Crippen molar-refractivity contribution in [3.8, 4) is 0 Å². The van der Waals surface area contributed by atoms with E-state index in [0.717, 1.165) is 4.57 Å². The molecule has 0 spiro atoms. The van der Waals surface area contributed by atoms with E-state index in [1.807, 2.05) is 5.48 Å². The lowest BCUT2D eigenvalue weighted by atomic mass is 10.3. The summed E-state index contributed by atoms with van der Waals surface area (Å²) in [6, 6.07) is 1.45. The Balaban J connectivity index is 3.15. The van der Waals surface area contributed by atoms with Crippen molar-refractivity contribution in [1.29, 1.82) is 0 Å². The first kappa shape index (κ1) is 10.4. The molecule has 0 radical (unpaired) electrons. The number of pyridine rings is 1. The van der Waals surface area contributed by atoms with Crippen molar-refractivity contribution in [3.05, 3.63) is 33.1 Å². The van der Waals surface area contributed by atoms with Crippen LogP contribution in [-0.4, -0.2) is 19.3 Å². The van der Waals surface area contributed by atoms with Gasteiger partial charge >= 0.3 is 5.69 Å². The van der Waals surface area contributed by atoms with Gasteiger partial charge in [0.25, 0.3) is 5.56 Å². The van der Waals surface area contributed by atoms with Crippen molar-refractivity contribution in [2.45, 2.75) is 0 Å². The van der Waals surface area contributed by atoms with E-state index in [0.29, 0.717) is 0 Å². The summed E-state index contributed by atoms with van der Waals surface area (Å²) in [5, 5.41) is 9.07. The molecule has 0 atom stereocenters. The molecule has 0 amide bonds. The lowest BCUT2D eigenvalue weighted by Crippen LogP contribution is -2.37. The van der Waals surface area contributed by atoms with E-state index in [1.54, 1.807) is 0 Å². The standard InChI is InChI=1S/C9H10N4O3/c1-12-7-6(5(11-16)3-4-10-7)8(14)13(2)9(12)15/h3-4,16H,1-2H3,(H,10,11). The van der Waals surface area contributed by atoms with Gasteiger partial charge in [-0.25, -0.2) is 9.78 Å². The second kappa shape index (κ2) is 3.46. The third-order valence-electron chi connectivity index (χ3n) is 2.46. The van der Waals surface area contributed by atoms with Crippen LogP contribution in [-0.2, 0) is 14.1 Å². The molecule has 0 aromatic carbocycles. The molecule has 0 unspecified atom stereocenters. The Morgan fingerprint density at radius 3 is 2.62 bits per heavy atom. The van der Waals surface area contributed by atoms with E-state index in [2.05, 4.69) is 4.98 Å². The summed E-state index contributed by atoms with van der Waals surface area (Å²) in [4.78, 5) is 27.4. The van der Waals surface area contributed by atoms with E-state index in [1.165, 1.54) is 30.9 Å². The van der Waals surface area contributed by atoms with Gasteiger partial charge in [-0.3, -0.25) is 24.6 Å². The Morgan fingerprint density at radius 1 is 1.31 bits per heavy atom. The Labute approximate surface area is 89.5 Å². The van der Waals surface area contributed by atoms with Crippen molar-refractivity contribution in [2.75, 3.05) is 5.48 Å². The van der Waals surface area contributed by atoms with Crippen LogP contribution in [0.5, 0.6) is 0 Å². The topological polar surface area (TPSA) is 89.2 Å². The third-order valence-corrected chi connectivity index (χ3v) is 2.46. The summed E-state index contributed by atoms with van der Waals surface area (Å²) >= 11 is 0. The molecule has 7 nitrogen and oxygen atoms in total. The molecule has 2 rings (SSSR count). The molecule has 2 aromatic rings. The molecule has 2 heterocycles. The molecule has 2 N–H and O–H groups in total. The number of anilines is 1. The van der Waals surface area contributed by atoms with Crippen molar-refractivity contribution in [3.63, 3.8) is 0 Å². The molecule has 84 valence electrons. The maximum absolute atomic E-state index is 11.8. The molecule has 16 heavy (non-hydrogen) atoms. The highest BCUT2D eigenvalue weighted by Gasteiger charge is 2.12. The maximum Gasteiger partial charge on any atom is 0.332 e. The molecular formula is C9H10N4O3. The summed E-state index contributed by atoms with van der Waals surface area (Å²) in [6.45, 7) is 0. The van der Waals surface area contributed by atoms with Crippen LogP contribution in [0, 0.1) is 0 Å². The van der Waals surface area contributed by atoms with Crippen LogP contribution < -0.4 is 16.7 Å². The lowest BCUT2D eigenvalue weighted by molar-refractivity contribution is 0.389. The normalized spacial score (nSPS) is 10.7. The molecule has 2 aromatic heterocycles. The summed E-state index contributed by atoms with van der Waals surface area (Å²) < 4.78 is 2.21. The molecule has 7 heteroatoms. The fourth-order valence-corrected chi connectivity index (χ4v) is 1.58. The smallest absolute Gasteiger partial charge is 0.291 e. The monoisotopic (exact) mass is 222 g/mol. The SMILES string of the molecule is Cn1c(=O)c2c(NO)ccnc2n(C)c1=O. The molecule has 0 aliphatic rings. The highest BCUT2D eigenvalue weighted by Crippen LogP contribution is 2.14. The van der Waals surface area contributed by atoms with Gasteiger partial charge in [0.2, 0.25) is 0 Å². The zero-order valence-electron chi connectivity index (χ0n) is 8.76. The van der Waals surface area contributed by atoms with Gasteiger partial charge in [0.15, 0.2) is 5.65 Å². The lowest BCUT2D eigenvalue weighted by Gasteiger charge is -2.08. The summed E-state index contributed by atoms with van der Waals surface area (Å²) in [7, 11) is 2.89. The summed E-state index contributed by atoms with van der Waals surface area (Å²) in [5.41, 5.74) is 1.41. The molecule has 0 fully saturated rings. The van der Waals surface area contributed by atoms with Crippen LogP contribution in [0.4, 0.5) is 5.69 Å². The first-order valence-electron chi connectivity index (χ1n) is 4.52. The Hall–Kier alpha value is -2.15. The van der Waals surface area contributed by atoms with Gasteiger partial charge < -0.3 is 0 Å². The van der Waals surface area contributed by atoms with Crippen molar-refractivity contribution >= 4 is 16.7 Å². The van der Waals surface area contributed by atoms with E-state index >= 15 is 0 Å². The second-order valence-electron chi connectivity index (χ2n) is 3.37. The molecule has 0 bridgehead atoms. The van der Waals surface area contributed by atoms with Crippen LogP contribution in [0.1, 0.15) is 0 Å². The number of aryl methyl sites for hydroxylation is 1. The van der Waals surface area contributed by atoms with Crippen LogP contribution >= 0.6 is 0 Å². The Kier molecular flexibility index (Phi) is 2.24. The first-order valence-corrected chi connectivity index (χ1v) is 4.52. The minimum Gasteiger partial charge on any atom is -0.291 e. The van der Waals surface area contributed by atoms with Crippen molar-refractivity contribution < 1.29 is 5.21 Å². The van der Waals surface area contributed by atoms with Crippen LogP contribution in [0.15, 0.2) is 21.9 Å². The second-order valence-corrected chi connectivity index (χ2v) is 3.37. The number of aromatic nitrogens is 3. The third kappa shape index (κ3) is 1.22. The predicted octanol–water partition coefficient (Wildman–Crippen LogP) is -0.567. The van der Waals surface area contributed by atoms with Gasteiger partial charge in [-0.05, 0) is 6.07 Å². The van der Waals surface area contributed by atoms with Gasteiger partial charge in [-0.15, -0.1) is 0 Å². The predicted molar refractivity (Wildman–Crippen MR) is 57.6 cm³/mol. The maximum atomic E-state index is 11.8. The van der Waals surface area contributed by atoms with Crippen molar-refractivity contribution in [1.82, 2.24) is 14.1 Å². The van der Waals surface area contributed by atoms with Crippen LogP contribution in [0.3, 0.4) is 0 Å². The quantitative estimate of drug-likeness (QED) is 0.631. The van der Waals surface area contributed by atoms with Crippen LogP contribution in [0.25, 0.3) is 11.0 Å². The Morgan fingerprint density at radius 2 is 2.00 bits per heavy atom. The van der Waals surface area contributed by atoms with Crippen molar-refractivity contribution in [2.24, 2.45) is 14.1 Å². The molecular weight excluding hydrogens is 212 g/mol. The fourth-order valence-electron chi connectivity index (χ4n) is 1.58. The summed E-state index contributed by atoms with van der Waals surface area (Å²) in [5.74, 6) is 0. The number of rotatable bonds is 1. The molecule has 0 aliphatic carbocycles. The molecule has 0 saturated heterocycles. The number of fused-ring (bicyclic) bond motifs is 1. The molecule has 0 saturated carbocycles. The zero-order chi connectivity index (χ0) is 11.9. The van der Waals surface area contributed by atoms with Gasteiger partial charge in [-0.1, -0.05) is 0 Å². The van der Waals surface area contributed by atoms with Gasteiger partial charge in [0.05, 0.1) is 5.69 Å². The van der Waals surface area contributed by atoms with Gasteiger partial charge in [0, 0.05) is 20.3 Å². The van der Waals surface area contributed by atoms with Gasteiger partial charge in [0.1, 0.15) is 5.39 Å². The average molecular weight is 222 g/mol. The minimum absolute atomic E-state index is 0.176. The number of hydrogen-bond acceptors (Lipinski definition) is 5.